The molecule has 0 heterocycles. The SMILES string of the molecule is CC(C)(C)SCC(NC(CO)c1ccc(Cl)cc1)C1CC1. The summed E-state index contributed by atoms with van der Waals surface area (Å²) in [5.41, 5.74) is 1.10. The largest absolute Gasteiger partial charge is 0.394 e. The number of nitrogens with one attached hydrogen (secondary N) is 1. The van der Waals surface area contributed by atoms with Crippen LogP contribution in [0.4, 0.5) is 0 Å². The zero-order valence-corrected chi connectivity index (χ0v) is 14.7. The molecular weight excluding hydrogens is 302 g/mol. The van der Waals surface area contributed by atoms with Gasteiger partial charge in [-0.3, -0.25) is 0 Å². The lowest BCUT2D eigenvalue weighted by Gasteiger charge is -2.27. The highest BCUT2D eigenvalue weighted by molar-refractivity contribution is 8.00. The molecule has 2 atom stereocenters. The lowest BCUT2D eigenvalue weighted by molar-refractivity contribution is 0.232. The number of halogens is 1. The fourth-order valence-electron chi connectivity index (χ4n) is 2.37. The molecule has 2 nitrogen and oxygen atoms in total. The van der Waals surface area contributed by atoms with Crippen molar-refractivity contribution < 1.29 is 5.11 Å². The quantitative estimate of drug-likeness (QED) is 0.784. The maximum atomic E-state index is 9.73. The Balaban J connectivity index is 1.98. The maximum Gasteiger partial charge on any atom is 0.0626 e. The van der Waals surface area contributed by atoms with Crippen LogP contribution in [-0.2, 0) is 0 Å². The Labute approximate surface area is 137 Å². The third-order valence-corrected chi connectivity index (χ3v) is 5.40. The highest BCUT2D eigenvalue weighted by Crippen LogP contribution is 2.37. The minimum absolute atomic E-state index is 0.00608. The Bertz CT molecular complexity index is 439. The normalized spacial score (nSPS) is 18.5. The second-order valence-corrected chi connectivity index (χ2v) is 9.10. The van der Waals surface area contributed by atoms with Crippen LogP contribution in [0.3, 0.4) is 0 Å². The second kappa shape index (κ2) is 7.36. The number of aliphatic hydroxyl groups is 1. The molecule has 1 fully saturated rings. The first-order valence-corrected chi connectivity index (χ1v) is 9.02. The van der Waals surface area contributed by atoms with Gasteiger partial charge in [-0.2, -0.15) is 11.8 Å². The van der Waals surface area contributed by atoms with Crippen molar-refractivity contribution in [3.8, 4) is 0 Å². The van der Waals surface area contributed by atoms with E-state index in [1.807, 2.05) is 36.0 Å². The molecule has 0 saturated heterocycles. The monoisotopic (exact) mass is 327 g/mol. The molecule has 1 aromatic carbocycles. The van der Waals surface area contributed by atoms with Crippen LogP contribution < -0.4 is 5.32 Å². The molecule has 2 rings (SSSR count). The number of benzene rings is 1. The second-order valence-electron chi connectivity index (χ2n) is 6.82. The van der Waals surface area contributed by atoms with Gasteiger partial charge in [0.15, 0.2) is 0 Å². The molecule has 118 valence electrons. The zero-order chi connectivity index (χ0) is 15.5. The van der Waals surface area contributed by atoms with Crippen LogP contribution in [0.25, 0.3) is 0 Å². The summed E-state index contributed by atoms with van der Waals surface area (Å²) >= 11 is 7.93. The van der Waals surface area contributed by atoms with Gasteiger partial charge in [0.05, 0.1) is 12.6 Å². The first kappa shape index (κ1) is 17.1. The molecule has 0 aliphatic heterocycles. The fraction of sp³-hybridized carbons (Fsp3) is 0.647. The average Bonchev–Trinajstić information content (AvgIpc) is 3.24. The highest BCUT2D eigenvalue weighted by Gasteiger charge is 2.33. The predicted octanol–water partition coefficient (Wildman–Crippen LogP) is 4.27. The summed E-state index contributed by atoms with van der Waals surface area (Å²) in [5.74, 6) is 1.86. The Hall–Kier alpha value is -0.220. The number of rotatable bonds is 7. The lowest BCUT2D eigenvalue weighted by atomic mass is 10.1. The molecule has 1 aliphatic rings. The van der Waals surface area contributed by atoms with Crippen LogP contribution in [0.1, 0.15) is 45.2 Å². The molecular formula is C17H26ClNOS. The highest BCUT2D eigenvalue weighted by atomic mass is 35.5. The molecule has 2 unspecified atom stereocenters. The van der Waals surface area contributed by atoms with Gasteiger partial charge in [-0.05, 0) is 36.5 Å². The van der Waals surface area contributed by atoms with Crippen LogP contribution in [0.2, 0.25) is 5.02 Å². The van der Waals surface area contributed by atoms with Gasteiger partial charge < -0.3 is 10.4 Å². The smallest absolute Gasteiger partial charge is 0.0626 e. The van der Waals surface area contributed by atoms with Crippen LogP contribution in [0.5, 0.6) is 0 Å². The third kappa shape index (κ3) is 5.82. The Morgan fingerprint density at radius 1 is 1.29 bits per heavy atom. The minimum Gasteiger partial charge on any atom is -0.394 e. The van der Waals surface area contributed by atoms with Gasteiger partial charge in [0.1, 0.15) is 0 Å². The Morgan fingerprint density at radius 3 is 2.38 bits per heavy atom. The van der Waals surface area contributed by atoms with E-state index in [9.17, 15) is 5.11 Å². The number of hydrogen-bond acceptors (Lipinski definition) is 3. The first-order chi connectivity index (χ1) is 9.89. The summed E-state index contributed by atoms with van der Waals surface area (Å²) in [6, 6.07) is 8.23. The summed E-state index contributed by atoms with van der Waals surface area (Å²) in [5, 5.41) is 14.1. The molecule has 1 saturated carbocycles. The third-order valence-electron chi connectivity index (χ3n) is 3.76. The van der Waals surface area contributed by atoms with Gasteiger partial charge in [0, 0.05) is 21.6 Å². The van der Waals surface area contributed by atoms with Crippen molar-refractivity contribution in [1.29, 1.82) is 0 Å². The van der Waals surface area contributed by atoms with Crippen molar-refractivity contribution in [2.24, 2.45) is 5.92 Å². The van der Waals surface area contributed by atoms with Crippen LogP contribution in [-0.4, -0.2) is 28.3 Å². The van der Waals surface area contributed by atoms with Crippen LogP contribution in [0.15, 0.2) is 24.3 Å². The maximum absolute atomic E-state index is 9.73. The van der Waals surface area contributed by atoms with Crippen LogP contribution >= 0.6 is 23.4 Å². The molecule has 1 aromatic rings. The van der Waals surface area contributed by atoms with Gasteiger partial charge in [0.2, 0.25) is 0 Å². The van der Waals surface area contributed by atoms with E-state index in [-0.39, 0.29) is 17.4 Å². The lowest BCUT2D eigenvalue weighted by Crippen LogP contribution is -2.39. The molecule has 0 bridgehead atoms. The Kier molecular flexibility index (Phi) is 6.01. The standard InChI is InChI=1S/C17H26ClNOS/c1-17(2,3)21-11-16(13-4-5-13)19-15(10-20)12-6-8-14(18)9-7-12/h6-9,13,15-16,19-20H,4-5,10-11H2,1-3H3. The molecule has 2 N–H and O–H groups in total. The Morgan fingerprint density at radius 2 is 1.90 bits per heavy atom. The van der Waals surface area contributed by atoms with Gasteiger partial charge in [-0.15, -0.1) is 0 Å². The van der Waals surface area contributed by atoms with Crippen molar-refractivity contribution in [3.05, 3.63) is 34.9 Å². The van der Waals surface area contributed by atoms with E-state index in [4.69, 9.17) is 11.6 Å². The van der Waals surface area contributed by atoms with Crippen molar-refractivity contribution >= 4 is 23.4 Å². The van der Waals surface area contributed by atoms with E-state index in [0.717, 1.165) is 22.3 Å². The van der Waals surface area contributed by atoms with Crippen LogP contribution in [0, 0.1) is 5.92 Å². The number of hydrogen-bond donors (Lipinski definition) is 2. The van der Waals surface area contributed by atoms with Crippen molar-refractivity contribution in [1.82, 2.24) is 5.32 Å². The minimum atomic E-state index is -0.00608. The molecule has 4 heteroatoms. The van der Waals surface area contributed by atoms with E-state index >= 15 is 0 Å². The van der Waals surface area contributed by atoms with Gasteiger partial charge in [0.25, 0.3) is 0 Å². The first-order valence-electron chi connectivity index (χ1n) is 7.65. The number of thioether (sulfide) groups is 1. The van der Waals surface area contributed by atoms with E-state index in [1.165, 1.54) is 12.8 Å². The van der Waals surface area contributed by atoms with E-state index < -0.39 is 0 Å². The number of aliphatic hydroxyl groups excluding tert-OH is 1. The summed E-state index contributed by atoms with van der Waals surface area (Å²) < 4.78 is 0.282. The summed E-state index contributed by atoms with van der Waals surface area (Å²) in [6.07, 6.45) is 2.61. The molecule has 0 spiro atoms. The predicted molar refractivity (Wildman–Crippen MR) is 93.1 cm³/mol. The fourth-order valence-corrected chi connectivity index (χ4v) is 3.54. The average molecular weight is 328 g/mol. The summed E-state index contributed by atoms with van der Waals surface area (Å²) in [6.45, 7) is 6.88. The van der Waals surface area contributed by atoms with Gasteiger partial charge >= 0.3 is 0 Å². The topological polar surface area (TPSA) is 32.3 Å². The van der Waals surface area contributed by atoms with Crippen molar-refractivity contribution in [2.45, 2.75) is 50.4 Å². The molecule has 0 radical (unpaired) electrons. The summed E-state index contributed by atoms with van der Waals surface area (Å²) in [4.78, 5) is 0. The van der Waals surface area contributed by atoms with Gasteiger partial charge in [-0.25, -0.2) is 0 Å². The van der Waals surface area contributed by atoms with E-state index in [1.54, 1.807) is 0 Å². The zero-order valence-electron chi connectivity index (χ0n) is 13.1. The van der Waals surface area contributed by atoms with E-state index in [2.05, 4.69) is 26.1 Å². The van der Waals surface area contributed by atoms with Crippen molar-refractivity contribution in [2.75, 3.05) is 12.4 Å². The van der Waals surface area contributed by atoms with Crippen molar-refractivity contribution in [3.63, 3.8) is 0 Å². The molecule has 0 amide bonds. The van der Waals surface area contributed by atoms with Gasteiger partial charge in [-0.1, -0.05) is 44.5 Å². The molecule has 0 aromatic heterocycles. The molecule has 1 aliphatic carbocycles. The van der Waals surface area contributed by atoms with E-state index in [0.29, 0.717) is 6.04 Å². The summed E-state index contributed by atoms with van der Waals surface area (Å²) in [7, 11) is 0. The molecule has 21 heavy (non-hydrogen) atoms.